The van der Waals surface area contributed by atoms with Crippen LogP contribution in [0.3, 0.4) is 0 Å². The van der Waals surface area contributed by atoms with Gasteiger partial charge in [0, 0.05) is 6.54 Å². The van der Waals surface area contributed by atoms with Gasteiger partial charge in [0.05, 0.1) is 24.5 Å². The first kappa shape index (κ1) is 24.4. The number of aryl methyl sites for hydroxylation is 2. The summed E-state index contributed by atoms with van der Waals surface area (Å²) in [5, 5.41) is 3.42. The summed E-state index contributed by atoms with van der Waals surface area (Å²) in [6, 6.07) is 16.2. The fourth-order valence-electron chi connectivity index (χ4n) is 4.44. The Kier molecular flexibility index (Phi) is 7.09. The summed E-state index contributed by atoms with van der Waals surface area (Å²) in [6.07, 6.45) is 1.64. The molecule has 2 aromatic carbocycles. The maximum Gasteiger partial charge on any atom is 0.240 e. The molecule has 1 aliphatic rings. The molecular weight excluding hydrogens is 426 g/mol. The number of rotatable bonds is 8. The average molecular weight is 460 g/mol. The quantitative estimate of drug-likeness (QED) is 0.562. The molecule has 1 saturated heterocycles. The number of piperidine rings is 1. The number of carbonyl (C=O) groups excluding carboxylic acids is 1. The minimum atomic E-state index is -3.62. The van der Waals surface area contributed by atoms with Crippen molar-refractivity contribution in [1.82, 2.24) is 10.0 Å². The third kappa shape index (κ3) is 5.56. The third-order valence-corrected chi connectivity index (χ3v) is 6.94. The fourth-order valence-corrected chi connectivity index (χ4v) is 5.43. The second kappa shape index (κ2) is 9.31. The zero-order valence-electron chi connectivity index (χ0n) is 19.1. The van der Waals surface area contributed by atoms with Gasteiger partial charge in [0.15, 0.2) is 0 Å². The van der Waals surface area contributed by atoms with Gasteiger partial charge in [-0.05, 0) is 44.7 Å². The lowest BCUT2D eigenvalue weighted by atomic mass is 9.76. The van der Waals surface area contributed by atoms with Gasteiger partial charge in [-0.15, -0.1) is 0 Å². The van der Waals surface area contributed by atoms with Crippen LogP contribution < -0.4 is 15.8 Å². The number of ether oxygens (including phenoxy) is 1. The van der Waals surface area contributed by atoms with E-state index in [1.54, 1.807) is 0 Å². The van der Waals surface area contributed by atoms with Crippen molar-refractivity contribution in [2.45, 2.75) is 50.8 Å². The van der Waals surface area contributed by atoms with Gasteiger partial charge in [0.2, 0.25) is 15.9 Å². The first-order valence-electron chi connectivity index (χ1n) is 10.7. The van der Waals surface area contributed by atoms with Crippen LogP contribution in [0.1, 0.15) is 48.1 Å². The minimum absolute atomic E-state index is 0.0750. The number of amides is 1. The third-order valence-electron chi connectivity index (χ3n) is 6.18. The van der Waals surface area contributed by atoms with Crippen molar-refractivity contribution in [3.8, 4) is 0 Å². The monoisotopic (exact) mass is 459 g/mol. The number of hydrogen-bond donors (Lipinski definition) is 3. The molecule has 7 nitrogen and oxygen atoms in total. The van der Waals surface area contributed by atoms with E-state index in [0.717, 1.165) is 17.4 Å². The number of hydrogen-bond acceptors (Lipinski definition) is 5. The van der Waals surface area contributed by atoms with Crippen LogP contribution in [0.5, 0.6) is 0 Å². The molecule has 1 unspecified atom stereocenters. The number of nitrogens with one attached hydrogen (secondary N) is 2. The molecule has 0 spiro atoms. The van der Waals surface area contributed by atoms with Gasteiger partial charge in [0.25, 0.3) is 0 Å². The predicted molar refractivity (Wildman–Crippen MR) is 126 cm³/mol. The van der Waals surface area contributed by atoms with Gasteiger partial charge in [-0.1, -0.05) is 59.7 Å². The summed E-state index contributed by atoms with van der Waals surface area (Å²) in [7, 11) is -3.62. The maximum absolute atomic E-state index is 12.2. The zero-order chi connectivity index (χ0) is 23.6. The van der Waals surface area contributed by atoms with Gasteiger partial charge in [0.1, 0.15) is 5.54 Å². The topological polar surface area (TPSA) is 111 Å². The summed E-state index contributed by atoms with van der Waals surface area (Å²) in [5.74, 6) is -0.693. The molecule has 1 heterocycles. The lowest BCUT2D eigenvalue weighted by Crippen LogP contribution is -2.69. The highest BCUT2D eigenvalue weighted by Crippen LogP contribution is 2.36. The SMILES string of the molecule is Cc1cc(C)cc(C(C)OC[C@@]2(c3ccccc3)CC[C@@](NS(C)(=O)=O)(C(N)=O)CN2)c1. The molecule has 32 heavy (non-hydrogen) atoms. The van der Waals surface area contributed by atoms with E-state index in [1.165, 1.54) is 11.1 Å². The molecule has 2 aromatic rings. The minimum Gasteiger partial charge on any atom is -0.372 e. The molecule has 3 atom stereocenters. The average Bonchev–Trinajstić information content (AvgIpc) is 2.72. The highest BCUT2D eigenvalue weighted by Gasteiger charge is 2.48. The van der Waals surface area contributed by atoms with Crippen LogP contribution in [0.25, 0.3) is 0 Å². The number of carbonyl (C=O) groups is 1. The first-order chi connectivity index (χ1) is 14.9. The number of primary amides is 1. The molecule has 8 heteroatoms. The van der Waals surface area contributed by atoms with Crippen molar-refractivity contribution in [2.24, 2.45) is 5.73 Å². The standard InChI is InChI=1S/C24H33N3O4S/c1-17-12-18(2)14-20(13-17)19(3)31-16-24(21-8-6-5-7-9-21)11-10-23(15-26-24,22(25)28)27-32(4,29)30/h5-9,12-14,19,26-27H,10-11,15-16H2,1-4H3,(H2,25,28)/t19?,23-,24+/m0/s1. The Bertz CT molecular complexity index is 1040. The highest BCUT2D eigenvalue weighted by molar-refractivity contribution is 7.88. The lowest BCUT2D eigenvalue weighted by Gasteiger charge is -2.46. The van der Waals surface area contributed by atoms with Crippen LogP contribution in [0.2, 0.25) is 0 Å². The molecule has 1 fully saturated rings. The van der Waals surface area contributed by atoms with Gasteiger partial charge in [-0.25, -0.2) is 8.42 Å². The van der Waals surface area contributed by atoms with E-state index < -0.39 is 27.0 Å². The van der Waals surface area contributed by atoms with Gasteiger partial charge >= 0.3 is 0 Å². The Labute approximate surface area is 190 Å². The summed E-state index contributed by atoms with van der Waals surface area (Å²) in [4.78, 5) is 12.2. The number of benzene rings is 2. The molecule has 1 aliphatic heterocycles. The Morgan fingerprint density at radius 2 is 1.78 bits per heavy atom. The van der Waals surface area contributed by atoms with Gasteiger partial charge < -0.3 is 15.8 Å². The van der Waals surface area contributed by atoms with E-state index in [0.29, 0.717) is 13.0 Å². The van der Waals surface area contributed by atoms with Crippen LogP contribution in [0, 0.1) is 13.8 Å². The molecule has 1 amide bonds. The molecule has 0 saturated carbocycles. The second-order valence-corrected chi connectivity index (χ2v) is 10.7. The van der Waals surface area contributed by atoms with Crippen molar-refractivity contribution in [2.75, 3.05) is 19.4 Å². The van der Waals surface area contributed by atoms with E-state index in [2.05, 4.69) is 42.1 Å². The van der Waals surface area contributed by atoms with Crippen molar-refractivity contribution in [3.63, 3.8) is 0 Å². The molecule has 3 rings (SSSR count). The van der Waals surface area contributed by atoms with Crippen molar-refractivity contribution < 1.29 is 17.9 Å². The molecule has 0 bridgehead atoms. The van der Waals surface area contributed by atoms with Gasteiger partial charge in [-0.3, -0.25) is 4.79 Å². The Morgan fingerprint density at radius 1 is 1.16 bits per heavy atom. The fraction of sp³-hybridized carbons (Fsp3) is 0.458. The molecule has 174 valence electrons. The zero-order valence-corrected chi connectivity index (χ0v) is 20.0. The van der Waals surface area contributed by atoms with Crippen LogP contribution >= 0.6 is 0 Å². The summed E-state index contributed by atoms with van der Waals surface area (Å²) in [5.41, 5.74) is 8.17. The van der Waals surface area contributed by atoms with Crippen molar-refractivity contribution >= 4 is 15.9 Å². The van der Waals surface area contributed by atoms with Crippen LogP contribution in [0.4, 0.5) is 0 Å². The Morgan fingerprint density at radius 3 is 2.28 bits per heavy atom. The second-order valence-electron chi connectivity index (χ2n) is 9.00. The molecular formula is C24H33N3O4S. The van der Waals surface area contributed by atoms with E-state index >= 15 is 0 Å². The molecule has 0 aliphatic carbocycles. The summed E-state index contributed by atoms with van der Waals surface area (Å²) in [6.45, 7) is 6.59. The lowest BCUT2D eigenvalue weighted by molar-refractivity contribution is -0.125. The van der Waals surface area contributed by atoms with E-state index in [4.69, 9.17) is 10.5 Å². The predicted octanol–water partition coefficient (Wildman–Crippen LogP) is 2.43. The van der Waals surface area contributed by atoms with Crippen LogP contribution in [0.15, 0.2) is 48.5 Å². The first-order valence-corrected chi connectivity index (χ1v) is 12.6. The largest absolute Gasteiger partial charge is 0.372 e. The number of nitrogens with two attached hydrogens (primary N) is 1. The summed E-state index contributed by atoms with van der Waals surface area (Å²) >= 11 is 0. The van der Waals surface area contributed by atoms with E-state index in [9.17, 15) is 13.2 Å². The van der Waals surface area contributed by atoms with Crippen LogP contribution in [-0.2, 0) is 25.1 Å². The van der Waals surface area contributed by atoms with Crippen molar-refractivity contribution in [1.29, 1.82) is 0 Å². The smallest absolute Gasteiger partial charge is 0.240 e. The van der Waals surface area contributed by atoms with E-state index in [-0.39, 0.29) is 19.1 Å². The van der Waals surface area contributed by atoms with Crippen LogP contribution in [-0.4, -0.2) is 39.3 Å². The highest BCUT2D eigenvalue weighted by atomic mass is 32.2. The maximum atomic E-state index is 12.2. The van der Waals surface area contributed by atoms with Gasteiger partial charge in [-0.2, -0.15) is 4.72 Å². The summed E-state index contributed by atoms with van der Waals surface area (Å²) < 4.78 is 32.6. The normalized spacial score (nSPS) is 24.8. The number of sulfonamides is 1. The Balaban J connectivity index is 1.85. The Hall–Kier alpha value is -2.26. The molecule has 0 aromatic heterocycles. The molecule has 4 N–H and O–H groups in total. The molecule has 0 radical (unpaired) electrons. The van der Waals surface area contributed by atoms with E-state index in [1.807, 2.05) is 37.3 Å². The van der Waals surface area contributed by atoms with Crippen molar-refractivity contribution in [3.05, 3.63) is 70.8 Å².